The molecule has 112 valence electrons. The molecule has 6 heteroatoms. The number of rotatable bonds is 3. The van der Waals surface area contributed by atoms with Crippen LogP contribution in [0.15, 0.2) is 29.3 Å². The summed E-state index contributed by atoms with van der Waals surface area (Å²) in [6.07, 6.45) is -0.447. The van der Waals surface area contributed by atoms with Crippen LogP contribution in [0.4, 0.5) is 0 Å². The predicted octanol–water partition coefficient (Wildman–Crippen LogP) is 2.39. The average molecular weight is 355 g/mol. The van der Waals surface area contributed by atoms with Gasteiger partial charge in [-0.2, -0.15) is 0 Å². The van der Waals surface area contributed by atoms with E-state index in [1.165, 1.54) is 0 Å². The topological polar surface area (TPSA) is 54.0 Å². The Morgan fingerprint density at radius 2 is 1.86 bits per heavy atom. The maximum absolute atomic E-state index is 12.1. The first-order valence-electron chi connectivity index (χ1n) is 6.52. The molecule has 5 nitrogen and oxygen atoms in total. The van der Waals surface area contributed by atoms with Gasteiger partial charge in [-0.05, 0) is 23.3 Å². The second-order valence-electron chi connectivity index (χ2n) is 4.84. The summed E-state index contributed by atoms with van der Waals surface area (Å²) < 4.78 is 21.5. The maximum Gasteiger partial charge on any atom is 0.337 e. The van der Waals surface area contributed by atoms with Crippen molar-refractivity contribution in [1.82, 2.24) is 0 Å². The zero-order chi connectivity index (χ0) is 15.0. The van der Waals surface area contributed by atoms with Gasteiger partial charge in [0.15, 0.2) is 0 Å². The van der Waals surface area contributed by atoms with E-state index in [-0.39, 0.29) is 10.8 Å². The van der Waals surface area contributed by atoms with Crippen molar-refractivity contribution in [3.63, 3.8) is 0 Å². The highest BCUT2D eigenvalue weighted by atomic mass is 79.9. The lowest BCUT2D eigenvalue weighted by atomic mass is 9.96. The Bertz CT molecular complexity index is 588. The van der Waals surface area contributed by atoms with Crippen molar-refractivity contribution in [2.45, 2.75) is 10.9 Å². The van der Waals surface area contributed by atoms with Crippen LogP contribution in [0, 0.1) is 0 Å². The fraction of sp³-hybridized carbons (Fsp3) is 0.400. The molecule has 2 aliphatic rings. The average Bonchev–Trinajstić information content (AvgIpc) is 2.96. The fourth-order valence-electron chi connectivity index (χ4n) is 2.57. The van der Waals surface area contributed by atoms with Crippen molar-refractivity contribution in [3.8, 4) is 11.5 Å². The van der Waals surface area contributed by atoms with Crippen molar-refractivity contribution >= 4 is 21.9 Å². The van der Waals surface area contributed by atoms with Gasteiger partial charge < -0.3 is 18.9 Å². The van der Waals surface area contributed by atoms with E-state index in [0.717, 1.165) is 11.1 Å². The summed E-state index contributed by atoms with van der Waals surface area (Å²) in [5, 5.41) is 0. The molecule has 3 rings (SSSR count). The molecule has 2 atom stereocenters. The highest BCUT2D eigenvalue weighted by Crippen LogP contribution is 2.42. The van der Waals surface area contributed by atoms with Crippen LogP contribution < -0.4 is 9.47 Å². The summed E-state index contributed by atoms with van der Waals surface area (Å²) >= 11 is 3.51. The Hall–Kier alpha value is -1.53. The summed E-state index contributed by atoms with van der Waals surface area (Å²) in [5.41, 5.74) is 2.35. The highest BCUT2D eigenvalue weighted by Gasteiger charge is 2.39. The molecule has 0 fully saturated rings. The van der Waals surface area contributed by atoms with Gasteiger partial charge in [0.25, 0.3) is 0 Å². The number of benzene rings is 1. The standard InChI is InChI=1S/C15H15BrO5/c1-18-9-3-8(4-10(5-9)19-2)14-13-11(6-20-14)12(16)7-21-15(13)17/h3-5,12,14H,6-7H2,1-2H3. The molecular formula is C15H15BrO5. The van der Waals surface area contributed by atoms with Gasteiger partial charge in [0.2, 0.25) is 0 Å². The molecule has 0 spiro atoms. The zero-order valence-corrected chi connectivity index (χ0v) is 13.3. The summed E-state index contributed by atoms with van der Waals surface area (Å²) in [7, 11) is 3.17. The molecule has 21 heavy (non-hydrogen) atoms. The van der Waals surface area contributed by atoms with Crippen LogP contribution in [0.25, 0.3) is 0 Å². The third-order valence-electron chi connectivity index (χ3n) is 3.65. The van der Waals surface area contributed by atoms with Crippen molar-refractivity contribution < 1.29 is 23.7 Å². The number of hydrogen-bond acceptors (Lipinski definition) is 5. The van der Waals surface area contributed by atoms with Crippen LogP contribution in [0.1, 0.15) is 11.7 Å². The number of methoxy groups -OCH3 is 2. The van der Waals surface area contributed by atoms with E-state index >= 15 is 0 Å². The molecule has 0 saturated carbocycles. The van der Waals surface area contributed by atoms with Gasteiger partial charge in [-0.15, -0.1) is 0 Å². The number of esters is 1. The highest BCUT2D eigenvalue weighted by molar-refractivity contribution is 9.09. The third kappa shape index (κ3) is 2.53. The minimum absolute atomic E-state index is 0.0164. The Balaban J connectivity index is 2.03. The van der Waals surface area contributed by atoms with Gasteiger partial charge in [-0.1, -0.05) is 15.9 Å². The Morgan fingerprint density at radius 3 is 2.48 bits per heavy atom. The van der Waals surface area contributed by atoms with Gasteiger partial charge in [0.05, 0.1) is 31.2 Å². The molecule has 0 radical (unpaired) electrons. The lowest BCUT2D eigenvalue weighted by Crippen LogP contribution is -2.26. The van der Waals surface area contributed by atoms with Crippen molar-refractivity contribution in [2.24, 2.45) is 0 Å². The molecule has 0 aliphatic carbocycles. The second-order valence-corrected chi connectivity index (χ2v) is 5.95. The Kier molecular flexibility index (Phi) is 3.91. The monoisotopic (exact) mass is 354 g/mol. The molecule has 0 bridgehead atoms. The molecule has 1 aromatic carbocycles. The van der Waals surface area contributed by atoms with E-state index in [2.05, 4.69) is 15.9 Å². The second kappa shape index (κ2) is 5.69. The van der Waals surface area contributed by atoms with E-state index < -0.39 is 6.10 Å². The van der Waals surface area contributed by atoms with Gasteiger partial charge in [-0.25, -0.2) is 4.79 Å². The number of carbonyl (C=O) groups excluding carboxylic acids is 1. The number of cyclic esters (lactones) is 1. The van der Waals surface area contributed by atoms with E-state index in [1.54, 1.807) is 20.3 Å². The van der Waals surface area contributed by atoms with Crippen molar-refractivity contribution in [2.75, 3.05) is 27.4 Å². The molecule has 0 aromatic heterocycles. The normalized spacial score (nSPS) is 24.6. The first-order chi connectivity index (χ1) is 10.1. The summed E-state index contributed by atoms with van der Waals surface area (Å²) in [6.45, 7) is 0.764. The smallest absolute Gasteiger partial charge is 0.337 e. The van der Waals surface area contributed by atoms with E-state index in [9.17, 15) is 4.79 Å². The largest absolute Gasteiger partial charge is 0.497 e. The Morgan fingerprint density at radius 1 is 1.19 bits per heavy atom. The first kappa shape index (κ1) is 14.4. The number of alkyl halides is 1. The van der Waals surface area contributed by atoms with E-state index in [0.29, 0.717) is 30.3 Å². The van der Waals surface area contributed by atoms with Gasteiger partial charge >= 0.3 is 5.97 Å². The number of ether oxygens (including phenoxy) is 4. The molecule has 2 heterocycles. The van der Waals surface area contributed by atoms with E-state index in [1.807, 2.05) is 12.1 Å². The van der Waals surface area contributed by atoms with E-state index in [4.69, 9.17) is 18.9 Å². The van der Waals surface area contributed by atoms with Gasteiger partial charge in [0.1, 0.15) is 24.2 Å². The lowest BCUT2D eigenvalue weighted by molar-refractivity contribution is -0.140. The lowest BCUT2D eigenvalue weighted by Gasteiger charge is -2.21. The SMILES string of the molecule is COc1cc(OC)cc(C2OCC3=C2C(=O)OCC3Br)c1. The molecule has 0 saturated heterocycles. The molecule has 0 N–H and O–H groups in total. The minimum atomic E-state index is -0.447. The summed E-state index contributed by atoms with van der Waals surface area (Å²) in [4.78, 5) is 12.1. The van der Waals surface area contributed by atoms with Crippen molar-refractivity contribution in [1.29, 1.82) is 0 Å². The maximum atomic E-state index is 12.1. The van der Waals surface area contributed by atoms with Gasteiger partial charge in [0, 0.05) is 6.07 Å². The molecular weight excluding hydrogens is 340 g/mol. The third-order valence-corrected chi connectivity index (χ3v) is 4.47. The zero-order valence-electron chi connectivity index (χ0n) is 11.7. The van der Waals surface area contributed by atoms with Crippen LogP contribution in [0.2, 0.25) is 0 Å². The van der Waals surface area contributed by atoms with Crippen LogP contribution in [0.5, 0.6) is 11.5 Å². The summed E-state index contributed by atoms with van der Waals surface area (Å²) in [5.74, 6) is 0.994. The first-order valence-corrected chi connectivity index (χ1v) is 7.44. The predicted molar refractivity (Wildman–Crippen MR) is 78.9 cm³/mol. The molecule has 2 unspecified atom stereocenters. The van der Waals surface area contributed by atoms with Crippen LogP contribution in [-0.4, -0.2) is 38.2 Å². The number of hydrogen-bond donors (Lipinski definition) is 0. The Labute approximate surface area is 130 Å². The minimum Gasteiger partial charge on any atom is -0.497 e. The molecule has 0 amide bonds. The number of carbonyl (C=O) groups is 1. The van der Waals surface area contributed by atoms with Gasteiger partial charge in [-0.3, -0.25) is 0 Å². The number of halogens is 1. The van der Waals surface area contributed by atoms with Crippen LogP contribution in [-0.2, 0) is 14.3 Å². The van der Waals surface area contributed by atoms with Crippen LogP contribution in [0.3, 0.4) is 0 Å². The van der Waals surface area contributed by atoms with Crippen molar-refractivity contribution in [3.05, 3.63) is 34.9 Å². The summed E-state index contributed by atoms with van der Waals surface area (Å²) in [6, 6.07) is 5.46. The van der Waals surface area contributed by atoms with Crippen LogP contribution >= 0.6 is 15.9 Å². The molecule has 2 aliphatic heterocycles. The molecule has 1 aromatic rings. The quantitative estimate of drug-likeness (QED) is 0.616. The fourth-order valence-corrected chi connectivity index (χ4v) is 3.08.